The Balaban J connectivity index is 1.98. The molecule has 116 valence electrons. The van der Waals surface area contributed by atoms with Crippen molar-refractivity contribution in [3.8, 4) is 0 Å². The normalized spacial score (nSPS) is 10.1. The number of nitrogens with zero attached hydrogens (tertiary/aromatic N) is 2. The van der Waals surface area contributed by atoms with Gasteiger partial charge in [0.1, 0.15) is 6.61 Å². The minimum Gasteiger partial charge on any atom is -0.448 e. The first kappa shape index (κ1) is 16.0. The average molecular weight is 321 g/mol. The van der Waals surface area contributed by atoms with Crippen LogP contribution < -0.4 is 10.6 Å². The highest BCUT2D eigenvalue weighted by Crippen LogP contribution is 2.17. The summed E-state index contributed by atoms with van der Waals surface area (Å²) in [5.74, 6) is 0.811. The maximum absolute atomic E-state index is 11.4. The molecule has 6 nitrogen and oxygen atoms in total. The van der Waals surface area contributed by atoms with Crippen LogP contribution in [0.1, 0.15) is 11.4 Å². The number of rotatable bonds is 5. The molecule has 7 heteroatoms. The minimum absolute atomic E-state index is 0.178. The van der Waals surface area contributed by atoms with Gasteiger partial charge < -0.3 is 10.1 Å². The predicted molar refractivity (Wildman–Crippen MR) is 86.9 cm³/mol. The van der Waals surface area contributed by atoms with Crippen LogP contribution in [0.5, 0.6) is 0 Å². The molecule has 2 N–H and O–H groups in total. The maximum Gasteiger partial charge on any atom is 0.411 e. The van der Waals surface area contributed by atoms with Gasteiger partial charge in [-0.2, -0.15) is 0 Å². The molecule has 2 aromatic rings. The van der Waals surface area contributed by atoms with Crippen LogP contribution in [-0.2, 0) is 4.74 Å². The lowest BCUT2D eigenvalue weighted by Gasteiger charge is -2.08. The summed E-state index contributed by atoms with van der Waals surface area (Å²) in [4.78, 5) is 20.0. The molecule has 0 aliphatic rings. The molecule has 0 saturated heterocycles. The van der Waals surface area contributed by atoms with E-state index < -0.39 is 6.09 Å². The summed E-state index contributed by atoms with van der Waals surface area (Å²) in [5, 5.41) is 5.72. The molecule has 22 heavy (non-hydrogen) atoms. The van der Waals surface area contributed by atoms with Gasteiger partial charge >= 0.3 is 6.09 Å². The second-order valence-electron chi connectivity index (χ2n) is 4.63. The fourth-order valence-electron chi connectivity index (χ4n) is 1.83. The van der Waals surface area contributed by atoms with Gasteiger partial charge in [0.15, 0.2) is 0 Å². The van der Waals surface area contributed by atoms with Crippen molar-refractivity contribution in [3.05, 3.63) is 41.7 Å². The third-order valence-corrected chi connectivity index (χ3v) is 2.83. The summed E-state index contributed by atoms with van der Waals surface area (Å²) in [6, 6.07) is 9.06. The van der Waals surface area contributed by atoms with Crippen LogP contribution in [0.4, 0.5) is 22.1 Å². The standard InChI is InChI=1S/C15H17ClN4O2/c1-10-9-11(2)18-14(17-10)19-12-3-5-13(6-4-12)20-15(21)22-8-7-16/h3-6,9H,7-8H2,1-2H3,(H,20,21)(H,17,18,19). The van der Waals surface area contributed by atoms with Crippen molar-refractivity contribution >= 4 is 35.0 Å². The fourth-order valence-corrected chi connectivity index (χ4v) is 1.91. The number of aryl methyl sites for hydroxylation is 2. The number of carbonyl (C=O) groups excluding carboxylic acids is 1. The van der Waals surface area contributed by atoms with Gasteiger partial charge in [0.2, 0.25) is 5.95 Å². The Morgan fingerprint density at radius 3 is 2.32 bits per heavy atom. The number of carbonyl (C=O) groups is 1. The second kappa shape index (κ2) is 7.61. The van der Waals surface area contributed by atoms with Crippen molar-refractivity contribution in [1.82, 2.24) is 9.97 Å². The molecular formula is C15H17ClN4O2. The Kier molecular flexibility index (Phi) is 5.55. The Hall–Kier alpha value is -2.34. The summed E-state index contributed by atoms with van der Waals surface area (Å²) < 4.78 is 4.83. The SMILES string of the molecule is Cc1cc(C)nc(Nc2ccc(NC(=O)OCCCl)cc2)n1. The zero-order chi connectivity index (χ0) is 15.9. The number of benzene rings is 1. The highest BCUT2D eigenvalue weighted by atomic mass is 35.5. The number of hydrogen-bond acceptors (Lipinski definition) is 5. The van der Waals surface area contributed by atoms with Crippen molar-refractivity contribution in [3.63, 3.8) is 0 Å². The Morgan fingerprint density at radius 1 is 1.14 bits per heavy atom. The van der Waals surface area contributed by atoms with Gasteiger partial charge in [0.25, 0.3) is 0 Å². The van der Waals surface area contributed by atoms with Gasteiger partial charge in [-0.15, -0.1) is 11.6 Å². The molecule has 1 aromatic heterocycles. The van der Waals surface area contributed by atoms with E-state index >= 15 is 0 Å². The summed E-state index contributed by atoms with van der Waals surface area (Å²) in [5.41, 5.74) is 3.25. The number of anilines is 3. The number of alkyl halides is 1. The predicted octanol–water partition coefficient (Wildman–Crippen LogP) is 3.62. The lowest BCUT2D eigenvalue weighted by molar-refractivity contribution is 0.168. The molecule has 1 amide bonds. The summed E-state index contributed by atoms with van der Waals surface area (Å²) in [7, 11) is 0. The van der Waals surface area contributed by atoms with E-state index in [0.717, 1.165) is 17.1 Å². The van der Waals surface area contributed by atoms with Gasteiger partial charge in [-0.05, 0) is 44.2 Å². The molecule has 0 radical (unpaired) electrons. The molecule has 0 bridgehead atoms. The molecule has 0 spiro atoms. The smallest absolute Gasteiger partial charge is 0.411 e. The molecule has 0 aliphatic heterocycles. The van der Waals surface area contributed by atoms with Crippen molar-refractivity contribution in [2.24, 2.45) is 0 Å². The van der Waals surface area contributed by atoms with E-state index in [9.17, 15) is 4.79 Å². The van der Waals surface area contributed by atoms with Crippen LogP contribution in [0.25, 0.3) is 0 Å². The first-order chi connectivity index (χ1) is 10.6. The molecule has 0 fully saturated rings. The summed E-state index contributed by atoms with van der Waals surface area (Å²) in [6.45, 7) is 4.01. The fraction of sp³-hybridized carbons (Fsp3) is 0.267. The molecule has 1 heterocycles. The molecule has 0 saturated carbocycles. The minimum atomic E-state index is -0.529. The molecule has 0 aliphatic carbocycles. The van der Waals surface area contributed by atoms with E-state index in [1.54, 1.807) is 12.1 Å². The third-order valence-electron chi connectivity index (χ3n) is 2.68. The molecule has 1 aromatic carbocycles. The van der Waals surface area contributed by atoms with Gasteiger partial charge in [-0.25, -0.2) is 14.8 Å². The van der Waals surface area contributed by atoms with Crippen LogP contribution >= 0.6 is 11.6 Å². The van der Waals surface area contributed by atoms with Crippen LogP contribution in [0.15, 0.2) is 30.3 Å². The van der Waals surface area contributed by atoms with E-state index in [-0.39, 0.29) is 12.5 Å². The van der Waals surface area contributed by atoms with Crippen LogP contribution in [0.2, 0.25) is 0 Å². The zero-order valence-corrected chi connectivity index (χ0v) is 13.1. The second-order valence-corrected chi connectivity index (χ2v) is 5.00. The van der Waals surface area contributed by atoms with Crippen LogP contribution in [0.3, 0.4) is 0 Å². The third kappa shape index (κ3) is 4.89. The van der Waals surface area contributed by atoms with E-state index in [1.165, 1.54) is 0 Å². The topological polar surface area (TPSA) is 76.1 Å². The maximum atomic E-state index is 11.4. The Morgan fingerprint density at radius 2 is 1.73 bits per heavy atom. The largest absolute Gasteiger partial charge is 0.448 e. The van der Waals surface area contributed by atoms with Crippen molar-refractivity contribution in [1.29, 1.82) is 0 Å². The van der Waals surface area contributed by atoms with Gasteiger partial charge in [-0.3, -0.25) is 5.32 Å². The van der Waals surface area contributed by atoms with Gasteiger partial charge in [-0.1, -0.05) is 0 Å². The van der Waals surface area contributed by atoms with E-state index in [0.29, 0.717) is 11.6 Å². The van der Waals surface area contributed by atoms with E-state index in [2.05, 4.69) is 20.6 Å². The first-order valence-electron chi connectivity index (χ1n) is 6.76. The highest BCUT2D eigenvalue weighted by Gasteiger charge is 2.04. The monoisotopic (exact) mass is 320 g/mol. The molecular weight excluding hydrogens is 304 g/mol. The lowest BCUT2D eigenvalue weighted by atomic mass is 10.3. The van der Waals surface area contributed by atoms with Crippen LogP contribution in [-0.4, -0.2) is 28.5 Å². The Bertz CT molecular complexity index is 626. The summed E-state index contributed by atoms with van der Waals surface area (Å²) in [6.07, 6.45) is -0.529. The molecule has 0 unspecified atom stereocenters. The van der Waals surface area contributed by atoms with Gasteiger partial charge in [0.05, 0.1) is 5.88 Å². The number of hydrogen-bond donors (Lipinski definition) is 2. The number of ether oxygens (including phenoxy) is 1. The van der Waals surface area contributed by atoms with E-state index in [1.807, 2.05) is 32.0 Å². The Labute approximate surface area is 133 Å². The quantitative estimate of drug-likeness (QED) is 0.823. The summed E-state index contributed by atoms with van der Waals surface area (Å²) >= 11 is 5.44. The van der Waals surface area contributed by atoms with Gasteiger partial charge in [0, 0.05) is 22.8 Å². The number of aromatic nitrogens is 2. The molecule has 0 atom stereocenters. The lowest BCUT2D eigenvalue weighted by Crippen LogP contribution is -2.14. The van der Waals surface area contributed by atoms with Crippen molar-refractivity contribution < 1.29 is 9.53 Å². The average Bonchev–Trinajstić information content (AvgIpc) is 2.46. The first-order valence-corrected chi connectivity index (χ1v) is 7.29. The highest BCUT2D eigenvalue weighted by molar-refractivity contribution is 6.18. The number of nitrogens with one attached hydrogen (secondary N) is 2. The van der Waals surface area contributed by atoms with Crippen LogP contribution in [0, 0.1) is 13.8 Å². The number of amides is 1. The molecule has 2 rings (SSSR count). The van der Waals surface area contributed by atoms with Crippen molar-refractivity contribution in [2.45, 2.75) is 13.8 Å². The zero-order valence-electron chi connectivity index (χ0n) is 12.4. The van der Waals surface area contributed by atoms with E-state index in [4.69, 9.17) is 16.3 Å². The van der Waals surface area contributed by atoms with Crippen molar-refractivity contribution in [2.75, 3.05) is 23.1 Å². The number of halogens is 1.